The summed E-state index contributed by atoms with van der Waals surface area (Å²) in [6.45, 7) is 2.17. The van der Waals surface area contributed by atoms with Crippen molar-refractivity contribution in [2.24, 2.45) is 0 Å². The molecule has 1 aromatic heterocycles. The Morgan fingerprint density at radius 2 is 2.29 bits per heavy atom. The Kier molecular flexibility index (Phi) is 5.83. The van der Waals surface area contributed by atoms with E-state index in [4.69, 9.17) is 5.73 Å². The van der Waals surface area contributed by atoms with E-state index in [0.29, 0.717) is 11.3 Å². The Morgan fingerprint density at radius 3 is 2.94 bits per heavy atom. The molecule has 2 N–H and O–H groups in total. The molecule has 0 atom stereocenters. The van der Waals surface area contributed by atoms with Crippen molar-refractivity contribution >= 4 is 23.4 Å². The second kappa shape index (κ2) is 7.17. The van der Waals surface area contributed by atoms with E-state index in [2.05, 4.69) is 16.6 Å². The van der Waals surface area contributed by atoms with Gasteiger partial charge in [0, 0.05) is 0 Å². The van der Waals surface area contributed by atoms with Crippen LogP contribution in [0.4, 0.5) is 5.69 Å². The van der Waals surface area contributed by atoms with E-state index in [1.54, 1.807) is 17.8 Å². The van der Waals surface area contributed by atoms with Crippen LogP contribution in [0.15, 0.2) is 17.3 Å². The number of carbonyl (C=O) groups is 1. The maximum atomic E-state index is 11.4. The molecule has 0 saturated carbocycles. The van der Waals surface area contributed by atoms with E-state index in [0.717, 1.165) is 17.2 Å². The van der Waals surface area contributed by atoms with Gasteiger partial charge < -0.3 is 10.5 Å². The minimum absolute atomic E-state index is 0.356. The Bertz CT molecular complexity index is 383. The lowest BCUT2D eigenvalue weighted by atomic mass is 10.2. The second-order valence-electron chi connectivity index (χ2n) is 3.66. The molecule has 0 amide bonds. The molecule has 0 radical (unpaired) electrons. The highest BCUT2D eigenvalue weighted by Crippen LogP contribution is 2.21. The van der Waals surface area contributed by atoms with Gasteiger partial charge in [0.1, 0.15) is 0 Å². The van der Waals surface area contributed by atoms with Crippen molar-refractivity contribution in [3.63, 3.8) is 0 Å². The third kappa shape index (κ3) is 4.26. The van der Waals surface area contributed by atoms with Crippen molar-refractivity contribution in [3.8, 4) is 0 Å². The third-order valence-corrected chi connectivity index (χ3v) is 3.32. The summed E-state index contributed by atoms with van der Waals surface area (Å²) in [5.74, 6) is 0.589. The normalized spacial score (nSPS) is 10.2. The van der Waals surface area contributed by atoms with Crippen molar-refractivity contribution in [1.29, 1.82) is 0 Å². The highest BCUT2D eigenvalue weighted by Gasteiger charge is 2.11. The molecule has 0 unspecified atom stereocenters. The first-order valence-electron chi connectivity index (χ1n) is 5.65. The fourth-order valence-electron chi connectivity index (χ4n) is 1.34. The number of methoxy groups -OCH3 is 1. The molecule has 1 aromatic rings. The average molecular weight is 254 g/mol. The molecular formula is C12H18N2O2S. The maximum Gasteiger partial charge on any atom is 0.340 e. The molecular weight excluding hydrogens is 236 g/mol. The summed E-state index contributed by atoms with van der Waals surface area (Å²) in [7, 11) is 1.34. The smallest absolute Gasteiger partial charge is 0.340 e. The van der Waals surface area contributed by atoms with Gasteiger partial charge in [-0.25, -0.2) is 9.78 Å². The van der Waals surface area contributed by atoms with E-state index in [9.17, 15) is 4.79 Å². The number of rotatable bonds is 6. The second-order valence-corrected chi connectivity index (χ2v) is 4.77. The summed E-state index contributed by atoms with van der Waals surface area (Å²) >= 11 is 1.64. The van der Waals surface area contributed by atoms with E-state index >= 15 is 0 Å². The summed E-state index contributed by atoms with van der Waals surface area (Å²) in [6, 6.07) is 1.69. The number of hydrogen-bond donors (Lipinski definition) is 1. The summed E-state index contributed by atoms with van der Waals surface area (Å²) in [5, 5.41) is 0.815. The Hall–Kier alpha value is -1.23. The topological polar surface area (TPSA) is 65.2 Å². The van der Waals surface area contributed by atoms with Crippen LogP contribution in [0.3, 0.4) is 0 Å². The van der Waals surface area contributed by atoms with Crippen molar-refractivity contribution in [2.45, 2.75) is 31.2 Å². The number of nitrogen functional groups attached to an aromatic ring is 1. The van der Waals surface area contributed by atoms with Crippen LogP contribution in [0.25, 0.3) is 0 Å². The number of hydrogen-bond acceptors (Lipinski definition) is 5. The van der Waals surface area contributed by atoms with Crippen LogP contribution in [0, 0.1) is 0 Å². The summed E-state index contributed by atoms with van der Waals surface area (Å²) in [5.41, 5.74) is 6.42. The molecule has 0 spiro atoms. The fourth-order valence-corrected chi connectivity index (χ4v) is 2.23. The molecule has 17 heavy (non-hydrogen) atoms. The van der Waals surface area contributed by atoms with Gasteiger partial charge in [0.15, 0.2) is 0 Å². The SMILES string of the molecule is CCCCCSc1cc(C(=O)OC)c(N)cn1. The first-order chi connectivity index (χ1) is 8.19. The van der Waals surface area contributed by atoms with Crippen LogP contribution in [0.1, 0.15) is 36.5 Å². The molecule has 1 heterocycles. The number of ether oxygens (including phenoxy) is 1. The molecule has 4 nitrogen and oxygen atoms in total. The quantitative estimate of drug-likeness (QED) is 0.480. The van der Waals surface area contributed by atoms with Crippen molar-refractivity contribution in [2.75, 3.05) is 18.6 Å². The molecule has 0 aliphatic rings. The number of pyridine rings is 1. The Labute approximate surface area is 106 Å². The van der Waals surface area contributed by atoms with Crippen LogP contribution in [0.2, 0.25) is 0 Å². The van der Waals surface area contributed by atoms with Gasteiger partial charge in [0.2, 0.25) is 0 Å². The lowest BCUT2D eigenvalue weighted by Gasteiger charge is -2.05. The van der Waals surface area contributed by atoms with E-state index in [1.807, 2.05) is 0 Å². The van der Waals surface area contributed by atoms with Gasteiger partial charge >= 0.3 is 5.97 Å². The number of unbranched alkanes of at least 4 members (excludes halogenated alkanes) is 2. The van der Waals surface area contributed by atoms with Crippen LogP contribution in [-0.4, -0.2) is 23.8 Å². The molecule has 0 aliphatic carbocycles. The fraction of sp³-hybridized carbons (Fsp3) is 0.500. The zero-order valence-electron chi connectivity index (χ0n) is 10.2. The van der Waals surface area contributed by atoms with Crippen LogP contribution in [0.5, 0.6) is 0 Å². The lowest BCUT2D eigenvalue weighted by Crippen LogP contribution is -2.06. The van der Waals surface area contributed by atoms with E-state index in [-0.39, 0.29) is 0 Å². The number of thioether (sulfide) groups is 1. The molecule has 0 fully saturated rings. The van der Waals surface area contributed by atoms with Crippen molar-refractivity contribution in [3.05, 3.63) is 17.8 Å². The van der Waals surface area contributed by atoms with Gasteiger partial charge in [-0.2, -0.15) is 0 Å². The third-order valence-electron chi connectivity index (χ3n) is 2.31. The Morgan fingerprint density at radius 1 is 1.53 bits per heavy atom. The van der Waals surface area contributed by atoms with E-state index < -0.39 is 5.97 Å². The summed E-state index contributed by atoms with van der Waals surface area (Å²) in [4.78, 5) is 15.6. The zero-order valence-corrected chi connectivity index (χ0v) is 11.0. The Balaban J connectivity index is 2.65. The van der Waals surface area contributed by atoms with Crippen molar-refractivity contribution in [1.82, 2.24) is 4.98 Å². The van der Waals surface area contributed by atoms with Gasteiger partial charge in [-0.1, -0.05) is 19.8 Å². The van der Waals surface area contributed by atoms with Crippen LogP contribution < -0.4 is 5.73 Å². The van der Waals surface area contributed by atoms with Crippen molar-refractivity contribution < 1.29 is 9.53 Å². The van der Waals surface area contributed by atoms with Gasteiger partial charge in [-0.05, 0) is 18.2 Å². The number of carbonyl (C=O) groups excluding carboxylic acids is 1. The first kappa shape index (κ1) is 13.8. The number of esters is 1. The zero-order chi connectivity index (χ0) is 12.7. The molecule has 0 aliphatic heterocycles. The number of aromatic nitrogens is 1. The van der Waals surface area contributed by atoms with Gasteiger partial charge in [-0.15, -0.1) is 11.8 Å². The molecule has 1 rings (SSSR count). The first-order valence-corrected chi connectivity index (χ1v) is 6.64. The van der Waals surface area contributed by atoms with E-state index in [1.165, 1.54) is 26.1 Å². The van der Waals surface area contributed by atoms with Gasteiger partial charge in [0.25, 0.3) is 0 Å². The highest BCUT2D eigenvalue weighted by molar-refractivity contribution is 7.99. The summed E-state index contributed by atoms with van der Waals surface area (Å²) in [6.07, 6.45) is 5.07. The monoisotopic (exact) mass is 254 g/mol. The predicted octanol–water partition coefficient (Wildman–Crippen LogP) is 2.73. The minimum Gasteiger partial charge on any atom is -0.465 e. The number of nitrogens with two attached hydrogens (primary N) is 1. The van der Waals surface area contributed by atoms with Crippen LogP contribution >= 0.6 is 11.8 Å². The van der Waals surface area contributed by atoms with Gasteiger partial charge in [0.05, 0.1) is 29.6 Å². The maximum absolute atomic E-state index is 11.4. The molecule has 0 saturated heterocycles. The molecule has 94 valence electrons. The number of anilines is 1. The molecule has 0 aromatic carbocycles. The summed E-state index contributed by atoms with van der Waals surface area (Å²) < 4.78 is 4.66. The van der Waals surface area contributed by atoms with Crippen LogP contribution in [-0.2, 0) is 4.74 Å². The largest absolute Gasteiger partial charge is 0.465 e. The molecule has 0 bridgehead atoms. The standard InChI is InChI=1S/C12H18N2O2S/c1-3-4-5-6-17-11-7-9(12(15)16-2)10(13)8-14-11/h7-8H,3-6,13H2,1-2H3. The number of nitrogens with zero attached hydrogens (tertiary/aromatic N) is 1. The van der Waals surface area contributed by atoms with Gasteiger partial charge in [-0.3, -0.25) is 0 Å². The minimum atomic E-state index is -0.416. The highest BCUT2D eigenvalue weighted by atomic mass is 32.2. The lowest BCUT2D eigenvalue weighted by molar-refractivity contribution is 0.0601. The molecule has 5 heteroatoms. The predicted molar refractivity (Wildman–Crippen MR) is 70.2 cm³/mol. The average Bonchev–Trinajstić information content (AvgIpc) is 2.35.